The lowest BCUT2D eigenvalue weighted by atomic mass is 9.85. The van der Waals surface area contributed by atoms with Crippen molar-refractivity contribution in [2.24, 2.45) is 11.8 Å². The summed E-state index contributed by atoms with van der Waals surface area (Å²) in [5.41, 5.74) is 0. The number of hydrogen-bond acceptors (Lipinski definition) is 5. The van der Waals surface area contributed by atoms with Gasteiger partial charge >= 0.3 is 6.01 Å². The molecule has 2 rings (SSSR count). The van der Waals surface area contributed by atoms with Gasteiger partial charge in [0, 0.05) is 13.7 Å². The van der Waals surface area contributed by atoms with Crippen molar-refractivity contribution in [1.82, 2.24) is 10.1 Å². The van der Waals surface area contributed by atoms with Gasteiger partial charge in [-0.15, -0.1) is 0 Å². The van der Waals surface area contributed by atoms with Crippen molar-refractivity contribution >= 4 is 6.01 Å². The van der Waals surface area contributed by atoms with E-state index in [1.54, 1.807) is 7.11 Å². The molecule has 1 saturated carbocycles. The Morgan fingerprint density at radius 1 is 1.32 bits per heavy atom. The molecule has 1 N–H and O–H groups in total. The molecule has 0 aliphatic heterocycles. The second-order valence-electron chi connectivity index (χ2n) is 5.79. The highest BCUT2D eigenvalue weighted by atomic mass is 16.5. The molecule has 0 spiro atoms. The molecule has 5 heteroatoms. The van der Waals surface area contributed by atoms with Crippen molar-refractivity contribution in [2.45, 2.75) is 52.1 Å². The lowest BCUT2D eigenvalue weighted by molar-refractivity contribution is 0.0274. The zero-order valence-corrected chi connectivity index (χ0v) is 12.2. The summed E-state index contributed by atoms with van der Waals surface area (Å²) in [5, 5.41) is 7.22. The van der Waals surface area contributed by atoms with Crippen LogP contribution in [0.3, 0.4) is 0 Å². The maximum atomic E-state index is 5.60. The molecule has 1 aromatic heterocycles. The minimum atomic E-state index is -0.0290. The van der Waals surface area contributed by atoms with Gasteiger partial charge in [0.05, 0.1) is 0 Å². The first-order chi connectivity index (χ1) is 9.20. The molecule has 1 fully saturated rings. The van der Waals surface area contributed by atoms with Crippen LogP contribution in [0.5, 0.6) is 0 Å². The first-order valence-electron chi connectivity index (χ1n) is 7.31. The monoisotopic (exact) mass is 267 g/mol. The number of nitrogens with one attached hydrogen (secondary N) is 1. The average molecular weight is 267 g/mol. The fraction of sp³-hybridized carbons (Fsp3) is 0.857. The topological polar surface area (TPSA) is 60.2 Å². The van der Waals surface area contributed by atoms with E-state index in [0.717, 1.165) is 6.54 Å². The zero-order valence-electron chi connectivity index (χ0n) is 12.2. The highest BCUT2D eigenvalue weighted by molar-refractivity contribution is 5.18. The van der Waals surface area contributed by atoms with Gasteiger partial charge in [-0.05, 0) is 24.7 Å². The van der Waals surface area contributed by atoms with Crippen molar-refractivity contribution in [3.8, 4) is 0 Å². The summed E-state index contributed by atoms with van der Waals surface area (Å²) in [4.78, 5) is 4.41. The molecule has 0 amide bonds. The highest BCUT2D eigenvalue weighted by Crippen LogP contribution is 2.35. The molecule has 1 aliphatic rings. The third-order valence-electron chi connectivity index (χ3n) is 3.69. The molecule has 19 heavy (non-hydrogen) atoms. The maximum Gasteiger partial charge on any atom is 0.321 e. The summed E-state index contributed by atoms with van der Waals surface area (Å²) in [6.07, 6.45) is 6.25. The zero-order chi connectivity index (χ0) is 13.7. The number of nitrogens with zero attached hydrogens (tertiary/aromatic N) is 2. The van der Waals surface area contributed by atoms with Gasteiger partial charge in [0.1, 0.15) is 6.10 Å². The Labute approximate surface area is 115 Å². The SMILES string of the molecule is COC(c1noc(NCC(C)C)n1)C1CCCCC1. The number of methoxy groups -OCH3 is 1. The molecular formula is C14H25N3O2. The van der Waals surface area contributed by atoms with E-state index >= 15 is 0 Å². The van der Waals surface area contributed by atoms with Crippen molar-refractivity contribution in [3.63, 3.8) is 0 Å². The molecular weight excluding hydrogens is 242 g/mol. The van der Waals surface area contributed by atoms with Gasteiger partial charge in [-0.1, -0.05) is 38.3 Å². The number of aromatic nitrogens is 2. The van der Waals surface area contributed by atoms with Crippen LogP contribution in [-0.4, -0.2) is 23.8 Å². The van der Waals surface area contributed by atoms with Gasteiger partial charge < -0.3 is 14.6 Å². The van der Waals surface area contributed by atoms with Crippen LogP contribution < -0.4 is 5.32 Å². The van der Waals surface area contributed by atoms with Crippen LogP contribution in [0.4, 0.5) is 6.01 Å². The normalized spacial score (nSPS) is 18.7. The first-order valence-corrected chi connectivity index (χ1v) is 7.31. The van der Waals surface area contributed by atoms with Gasteiger partial charge in [-0.25, -0.2) is 0 Å². The van der Waals surface area contributed by atoms with Crippen molar-refractivity contribution in [3.05, 3.63) is 5.82 Å². The number of ether oxygens (including phenoxy) is 1. The summed E-state index contributed by atoms with van der Waals surface area (Å²) in [5.74, 6) is 1.75. The summed E-state index contributed by atoms with van der Waals surface area (Å²) >= 11 is 0. The van der Waals surface area contributed by atoms with Crippen LogP contribution in [0.1, 0.15) is 57.9 Å². The Hall–Kier alpha value is -1.10. The third kappa shape index (κ3) is 3.93. The molecule has 0 bridgehead atoms. The van der Waals surface area contributed by atoms with E-state index in [0.29, 0.717) is 23.7 Å². The van der Waals surface area contributed by atoms with Gasteiger partial charge in [-0.3, -0.25) is 0 Å². The highest BCUT2D eigenvalue weighted by Gasteiger charge is 2.28. The van der Waals surface area contributed by atoms with Gasteiger partial charge in [0.25, 0.3) is 0 Å². The Kier molecular flexibility index (Phi) is 5.19. The van der Waals surface area contributed by atoms with E-state index in [1.807, 2.05) is 0 Å². The molecule has 5 nitrogen and oxygen atoms in total. The minimum absolute atomic E-state index is 0.0290. The average Bonchev–Trinajstić information content (AvgIpc) is 2.87. The van der Waals surface area contributed by atoms with Crippen LogP contribution in [0, 0.1) is 11.8 Å². The molecule has 1 aliphatic carbocycles. The predicted octanol–water partition coefficient (Wildman–Crippen LogP) is 3.41. The Morgan fingerprint density at radius 2 is 2.05 bits per heavy atom. The molecule has 0 aromatic carbocycles. The van der Waals surface area contributed by atoms with E-state index in [-0.39, 0.29) is 6.10 Å². The standard InChI is InChI=1S/C14H25N3O2/c1-10(2)9-15-14-16-13(17-19-14)12(18-3)11-7-5-4-6-8-11/h10-12H,4-9H2,1-3H3,(H,15,16,17). The van der Waals surface area contributed by atoms with Crippen LogP contribution in [0.15, 0.2) is 4.52 Å². The summed E-state index contributed by atoms with van der Waals surface area (Å²) in [6, 6.07) is 0.501. The second kappa shape index (κ2) is 6.89. The van der Waals surface area contributed by atoms with Crippen LogP contribution in [0.2, 0.25) is 0 Å². The van der Waals surface area contributed by atoms with Gasteiger partial charge in [0.15, 0.2) is 0 Å². The fourth-order valence-corrected chi connectivity index (χ4v) is 2.66. The number of rotatable bonds is 6. The molecule has 0 saturated heterocycles. The predicted molar refractivity (Wildman–Crippen MR) is 74.0 cm³/mol. The van der Waals surface area contributed by atoms with E-state index < -0.39 is 0 Å². The Bertz CT molecular complexity index is 373. The van der Waals surface area contributed by atoms with Crippen molar-refractivity contribution < 1.29 is 9.26 Å². The molecule has 1 heterocycles. The summed E-state index contributed by atoms with van der Waals surface area (Å²) < 4.78 is 10.8. The van der Waals surface area contributed by atoms with Crippen molar-refractivity contribution in [1.29, 1.82) is 0 Å². The Balaban J connectivity index is 1.98. The summed E-state index contributed by atoms with van der Waals surface area (Å²) in [7, 11) is 1.73. The van der Waals surface area contributed by atoms with Crippen LogP contribution in [-0.2, 0) is 4.74 Å². The van der Waals surface area contributed by atoms with Crippen LogP contribution in [0.25, 0.3) is 0 Å². The second-order valence-corrected chi connectivity index (χ2v) is 5.79. The van der Waals surface area contributed by atoms with E-state index in [4.69, 9.17) is 9.26 Å². The molecule has 1 unspecified atom stereocenters. The largest absolute Gasteiger partial charge is 0.373 e. The lowest BCUT2D eigenvalue weighted by Crippen LogP contribution is -2.19. The molecule has 0 radical (unpaired) electrons. The van der Waals surface area contributed by atoms with Crippen molar-refractivity contribution in [2.75, 3.05) is 19.0 Å². The van der Waals surface area contributed by atoms with E-state index in [1.165, 1.54) is 32.1 Å². The Morgan fingerprint density at radius 3 is 2.68 bits per heavy atom. The van der Waals surface area contributed by atoms with E-state index in [2.05, 4.69) is 29.3 Å². The van der Waals surface area contributed by atoms with Crippen LogP contribution >= 0.6 is 0 Å². The summed E-state index contributed by atoms with van der Waals surface area (Å²) in [6.45, 7) is 5.12. The molecule has 108 valence electrons. The minimum Gasteiger partial charge on any atom is -0.373 e. The van der Waals surface area contributed by atoms with Gasteiger partial charge in [0.2, 0.25) is 5.82 Å². The lowest BCUT2D eigenvalue weighted by Gasteiger charge is -2.26. The third-order valence-corrected chi connectivity index (χ3v) is 3.69. The maximum absolute atomic E-state index is 5.60. The van der Waals surface area contributed by atoms with Gasteiger partial charge in [-0.2, -0.15) is 4.98 Å². The number of hydrogen-bond donors (Lipinski definition) is 1. The fourth-order valence-electron chi connectivity index (χ4n) is 2.66. The molecule has 1 aromatic rings. The van der Waals surface area contributed by atoms with E-state index in [9.17, 15) is 0 Å². The number of anilines is 1. The quantitative estimate of drug-likeness (QED) is 0.856. The molecule has 1 atom stereocenters. The first kappa shape index (κ1) is 14.3. The smallest absolute Gasteiger partial charge is 0.321 e.